The standard InChI is InChI=1S/C17H20O6/c1-5-23-17(20)15(11(2)10-14(18)21-3)12-8-6-7-9-13(12)16(19)22-4/h6-10,15H,5H2,1-4H3/b11-10+. The Bertz CT molecular complexity index is 617. The smallest absolute Gasteiger partial charge is 0.338 e. The molecule has 0 saturated carbocycles. The molecule has 0 aliphatic rings. The molecule has 1 rings (SSSR count). The molecule has 1 unspecified atom stereocenters. The molecular formula is C17H20O6. The molecule has 0 amide bonds. The molecule has 124 valence electrons. The number of carbonyl (C=O) groups excluding carboxylic acids is 3. The quantitative estimate of drug-likeness (QED) is 0.454. The number of benzene rings is 1. The fourth-order valence-electron chi connectivity index (χ4n) is 2.16. The molecule has 23 heavy (non-hydrogen) atoms. The van der Waals surface area contributed by atoms with Gasteiger partial charge in [0.05, 0.1) is 26.4 Å². The van der Waals surface area contributed by atoms with E-state index < -0.39 is 23.8 Å². The molecule has 0 bridgehead atoms. The molecule has 0 N–H and O–H groups in total. The zero-order valence-electron chi connectivity index (χ0n) is 13.6. The highest BCUT2D eigenvalue weighted by Gasteiger charge is 2.28. The lowest BCUT2D eigenvalue weighted by atomic mass is 9.88. The van der Waals surface area contributed by atoms with Gasteiger partial charge in [-0.3, -0.25) is 4.79 Å². The molecule has 0 fully saturated rings. The first-order valence-electron chi connectivity index (χ1n) is 7.06. The number of hydrogen-bond donors (Lipinski definition) is 0. The zero-order valence-corrected chi connectivity index (χ0v) is 13.6. The summed E-state index contributed by atoms with van der Waals surface area (Å²) in [6.45, 7) is 3.47. The van der Waals surface area contributed by atoms with E-state index in [-0.39, 0.29) is 12.2 Å². The fourth-order valence-corrected chi connectivity index (χ4v) is 2.16. The van der Waals surface area contributed by atoms with Crippen molar-refractivity contribution in [2.45, 2.75) is 19.8 Å². The van der Waals surface area contributed by atoms with Crippen LogP contribution in [0.1, 0.15) is 35.7 Å². The van der Waals surface area contributed by atoms with E-state index in [4.69, 9.17) is 9.47 Å². The van der Waals surface area contributed by atoms with Gasteiger partial charge >= 0.3 is 17.9 Å². The first-order valence-corrected chi connectivity index (χ1v) is 7.06. The van der Waals surface area contributed by atoms with Gasteiger partial charge in [0.2, 0.25) is 0 Å². The Kier molecular flexibility index (Phi) is 6.99. The summed E-state index contributed by atoms with van der Waals surface area (Å²) in [7, 11) is 2.50. The van der Waals surface area contributed by atoms with E-state index in [0.717, 1.165) is 0 Å². The Morgan fingerprint density at radius 1 is 1.13 bits per heavy atom. The lowest BCUT2D eigenvalue weighted by Gasteiger charge is -2.19. The molecule has 0 aromatic heterocycles. The molecule has 1 aromatic carbocycles. The minimum Gasteiger partial charge on any atom is -0.466 e. The summed E-state index contributed by atoms with van der Waals surface area (Å²) >= 11 is 0. The minimum atomic E-state index is -0.899. The topological polar surface area (TPSA) is 78.9 Å². The van der Waals surface area contributed by atoms with Crippen LogP contribution in [0.25, 0.3) is 0 Å². The maximum absolute atomic E-state index is 12.4. The number of rotatable bonds is 6. The molecular weight excluding hydrogens is 300 g/mol. The summed E-state index contributed by atoms with van der Waals surface area (Å²) in [6.07, 6.45) is 1.20. The summed E-state index contributed by atoms with van der Waals surface area (Å²) in [5, 5.41) is 0. The first kappa shape index (κ1) is 18.4. The second-order valence-electron chi connectivity index (χ2n) is 4.68. The highest BCUT2D eigenvalue weighted by atomic mass is 16.5. The fraction of sp³-hybridized carbons (Fsp3) is 0.353. The van der Waals surface area contributed by atoms with Crippen LogP contribution >= 0.6 is 0 Å². The molecule has 0 radical (unpaired) electrons. The van der Waals surface area contributed by atoms with Crippen LogP contribution in [0.2, 0.25) is 0 Å². The van der Waals surface area contributed by atoms with Crippen LogP contribution < -0.4 is 0 Å². The third-order valence-electron chi connectivity index (χ3n) is 3.20. The summed E-state index contributed by atoms with van der Waals surface area (Å²) in [6, 6.07) is 6.54. The molecule has 0 aliphatic carbocycles. The van der Waals surface area contributed by atoms with Gasteiger partial charge in [0, 0.05) is 6.08 Å². The predicted octanol–water partition coefficient (Wildman–Crippen LogP) is 2.24. The molecule has 0 spiro atoms. The highest BCUT2D eigenvalue weighted by Crippen LogP contribution is 2.29. The Morgan fingerprint density at radius 3 is 2.35 bits per heavy atom. The van der Waals surface area contributed by atoms with Crippen LogP contribution in [0.5, 0.6) is 0 Å². The van der Waals surface area contributed by atoms with E-state index in [9.17, 15) is 14.4 Å². The average molecular weight is 320 g/mol. The number of esters is 3. The molecule has 6 heteroatoms. The number of hydrogen-bond acceptors (Lipinski definition) is 6. The second-order valence-corrected chi connectivity index (χ2v) is 4.68. The van der Waals surface area contributed by atoms with Crippen molar-refractivity contribution in [1.29, 1.82) is 0 Å². The van der Waals surface area contributed by atoms with E-state index in [1.54, 1.807) is 38.1 Å². The van der Waals surface area contributed by atoms with E-state index in [2.05, 4.69) is 4.74 Å². The van der Waals surface area contributed by atoms with Gasteiger partial charge in [0.15, 0.2) is 0 Å². The number of methoxy groups -OCH3 is 2. The Hall–Kier alpha value is -2.63. The van der Waals surface area contributed by atoms with Crippen molar-refractivity contribution >= 4 is 17.9 Å². The van der Waals surface area contributed by atoms with E-state index in [0.29, 0.717) is 11.1 Å². The zero-order chi connectivity index (χ0) is 17.4. The largest absolute Gasteiger partial charge is 0.466 e. The van der Waals surface area contributed by atoms with E-state index in [1.165, 1.54) is 20.3 Å². The summed E-state index contributed by atoms with van der Waals surface area (Å²) in [4.78, 5) is 35.8. The van der Waals surface area contributed by atoms with Crippen LogP contribution in [-0.2, 0) is 23.8 Å². The molecule has 6 nitrogen and oxygen atoms in total. The van der Waals surface area contributed by atoms with Crippen LogP contribution in [0, 0.1) is 0 Å². The third-order valence-corrected chi connectivity index (χ3v) is 3.20. The van der Waals surface area contributed by atoms with Crippen LogP contribution in [0.15, 0.2) is 35.9 Å². The molecule has 1 aromatic rings. The number of ether oxygens (including phenoxy) is 3. The number of carbonyl (C=O) groups is 3. The molecule has 1 atom stereocenters. The van der Waals surface area contributed by atoms with E-state index >= 15 is 0 Å². The van der Waals surface area contributed by atoms with E-state index in [1.807, 2.05) is 0 Å². The van der Waals surface area contributed by atoms with Crippen molar-refractivity contribution in [3.05, 3.63) is 47.0 Å². The maximum Gasteiger partial charge on any atom is 0.338 e. The van der Waals surface area contributed by atoms with Crippen molar-refractivity contribution in [2.24, 2.45) is 0 Å². The summed E-state index contributed by atoms with van der Waals surface area (Å²) < 4.78 is 14.4. The van der Waals surface area contributed by atoms with Gasteiger partial charge in [0.1, 0.15) is 5.92 Å². The maximum atomic E-state index is 12.4. The lowest BCUT2D eigenvalue weighted by molar-refractivity contribution is -0.143. The summed E-state index contributed by atoms with van der Waals surface area (Å²) in [5.74, 6) is -2.61. The third kappa shape index (κ3) is 4.67. The van der Waals surface area contributed by atoms with Gasteiger partial charge in [-0.1, -0.05) is 18.2 Å². The van der Waals surface area contributed by atoms with Crippen molar-refractivity contribution in [3.8, 4) is 0 Å². The Labute approximate surface area is 135 Å². The minimum absolute atomic E-state index is 0.182. The van der Waals surface area contributed by atoms with Crippen LogP contribution in [0.3, 0.4) is 0 Å². The van der Waals surface area contributed by atoms with Gasteiger partial charge in [-0.2, -0.15) is 0 Å². The Morgan fingerprint density at radius 2 is 1.78 bits per heavy atom. The van der Waals surface area contributed by atoms with Gasteiger partial charge in [-0.25, -0.2) is 9.59 Å². The van der Waals surface area contributed by atoms with Gasteiger partial charge < -0.3 is 14.2 Å². The van der Waals surface area contributed by atoms with Gasteiger partial charge in [-0.15, -0.1) is 0 Å². The SMILES string of the molecule is CCOC(=O)C(/C(C)=C/C(=O)OC)c1ccccc1C(=O)OC. The highest BCUT2D eigenvalue weighted by molar-refractivity contribution is 5.95. The molecule has 0 saturated heterocycles. The van der Waals surface area contributed by atoms with Crippen LogP contribution in [0.4, 0.5) is 0 Å². The molecule has 0 aliphatic heterocycles. The van der Waals surface area contributed by atoms with Gasteiger partial charge in [-0.05, 0) is 31.1 Å². The van der Waals surface area contributed by atoms with Gasteiger partial charge in [0.25, 0.3) is 0 Å². The van der Waals surface area contributed by atoms with Crippen molar-refractivity contribution < 1.29 is 28.6 Å². The predicted molar refractivity (Wildman–Crippen MR) is 82.9 cm³/mol. The van der Waals surface area contributed by atoms with Crippen molar-refractivity contribution in [2.75, 3.05) is 20.8 Å². The monoisotopic (exact) mass is 320 g/mol. The molecule has 0 heterocycles. The first-order chi connectivity index (χ1) is 11.0. The lowest BCUT2D eigenvalue weighted by Crippen LogP contribution is -2.21. The summed E-state index contributed by atoms with van der Waals surface area (Å²) in [5.41, 5.74) is 1.06. The van der Waals surface area contributed by atoms with Crippen molar-refractivity contribution in [1.82, 2.24) is 0 Å². The average Bonchev–Trinajstić information content (AvgIpc) is 2.54. The second kappa shape index (κ2) is 8.73. The normalized spacial score (nSPS) is 12.3. The van der Waals surface area contributed by atoms with Crippen LogP contribution in [-0.4, -0.2) is 38.7 Å². The van der Waals surface area contributed by atoms with Crippen molar-refractivity contribution in [3.63, 3.8) is 0 Å². The Balaban J connectivity index is 3.42.